The Balaban J connectivity index is 2.53. The number of hydrogen-bond donors (Lipinski definition) is 0. The van der Waals surface area contributed by atoms with E-state index in [1.54, 1.807) is 24.7 Å². The first kappa shape index (κ1) is 9.45. The average Bonchev–Trinajstić information content (AvgIpc) is 2.30. The molecule has 0 spiro atoms. The van der Waals surface area contributed by atoms with Gasteiger partial charge in [-0.2, -0.15) is 0 Å². The van der Waals surface area contributed by atoms with Crippen LogP contribution in [0, 0.1) is 6.92 Å². The van der Waals surface area contributed by atoms with Gasteiger partial charge in [0.25, 0.3) is 0 Å². The second-order valence-electron chi connectivity index (χ2n) is 3.10. The van der Waals surface area contributed by atoms with Crippen LogP contribution in [0.25, 0.3) is 11.1 Å². The molecule has 0 saturated heterocycles. The number of aldehydes is 1. The quantitative estimate of drug-likeness (QED) is 0.690. The monoisotopic (exact) mass is 199 g/mol. The van der Waals surface area contributed by atoms with Gasteiger partial charge in [-0.25, -0.2) is 9.97 Å². The lowest BCUT2D eigenvalue weighted by atomic mass is 10.1. The molecule has 0 bridgehead atoms. The van der Waals surface area contributed by atoms with E-state index in [4.69, 9.17) is 0 Å². The lowest BCUT2D eigenvalue weighted by Crippen LogP contribution is -1.92. The summed E-state index contributed by atoms with van der Waals surface area (Å²) in [7, 11) is 0. The number of carbonyl (C=O) groups excluding carboxylic acids is 1. The summed E-state index contributed by atoms with van der Waals surface area (Å²) < 4.78 is 0. The summed E-state index contributed by atoms with van der Waals surface area (Å²) in [5.74, 6) is 0.709. The number of nitrogens with zero attached hydrogens (tertiary/aromatic N) is 3. The minimum Gasteiger partial charge on any atom is -0.298 e. The smallest absolute Gasteiger partial charge is 0.152 e. The van der Waals surface area contributed by atoms with E-state index >= 15 is 0 Å². The van der Waals surface area contributed by atoms with E-state index in [0.717, 1.165) is 17.4 Å². The Kier molecular flexibility index (Phi) is 2.49. The highest BCUT2D eigenvalue weighted by atomic mass is 16.1. The van der Waals surface area contributed by atoms with Crippen LogP contribution in [0.1, 0.15) is 16.2 Å². The molecule has 0 aliphatic carbocycles. The molecule has 2 aromatic heterocycles. The van der Waals surface area contributed by atoms with Crippen molar-refractivity contribution in [3.8, 4) is 11.1 Å². The van der Waals surface area contributed by atoms with Gasteiger partial charge in [0.15, 0.2) is 6.29 Å². The fourth-order valence-electron chi connectivity index (χ4n) is 1.30. The molecule has 2 aromatic rings. The Morgan fingerprint density at radius 1 is 1.20 bits per heavy atom. The molecular weight excluding hydrogens is 190 g/mol. The number of aromatic nitrogens is 3. The summed E-state index contributed by atoms with van der Waals surface area (Å²) in [6, 6.07) is 1.78. The molecule has 0 radical (unpaired) electrons. The third-order valence-electron chi connectivity index (χ3n) is 2.07. The summed E-state index contributed by atoms with van der Waals surface area (Å²) in [6.45, 7) is 1.82. The van der Waals surface area contributed by atoms with Gasteiger partial charge >= 0.3 is 0 Å². The maximum absolute atomic E-state index is 10.8. The first-order chi connectivity index (χ1) is 7.31. The largest absolute Gasteiger partial charge is 0.298 e. The summed E-state index contributed by atoms with van der Waals surface area (Å²) >= 11 is 0. The van der Waals surface area contributed by atoms with Gasteiger partial charge in [0, 0.05) is 35.9 Å². The molecule has 0 N–H and O–H groups in total. The minimum absolute atomic E-state index is 0.546. The highest BCUT2D eigenvalue weighted by Crippen LogP contribution is 2.19. The zero-order valence-corrected chi connectivity index (χ0v) is 8.21. The van der Waals surface area contributed by atoms with Gasteiger partial charge in [-0.05, 0) is 18.6 Å². The summed E-state index contributed by atoms with van der Waals surface area (Å²) in [5.41, 5.74) is 2.18. The van der Waals surface area contributed by atoms with Crippen LogP contribution in [0.5, 0.6) is 0 Å². The molecule has 0 amide bonds. The number of aryl methyl sites for hydroxylation is 1. The Labute approximate surface area is 87.0 Å². The minimum atomic E-state index is 0.546. The first-order valence-electron chi connectivity index (χ1n) is 4.49. The third kappa shape index (κ3) is 1.88. The van der Waals surface area contributed by atoms with Crippen molar-refractivity contribution < 1.29 is 4.79 Å². The van der Waals surface area contributed by atoms with Crippen LogP contribution in [-0.4, -0.2) is 21.2 Å². The highest BCUT2D eigenvalue weighted by molar-refractivity contribution is 5.86. The SMILES string of the molecule is Cc1ncc(-c2ccncc2C=O)cn1. The van der Waals surface area contributed by atoms with Crippen LogP contribution in [0.15, 0.2) is 30.9 Å². The Morgan fingerprint density at radius 3 is 2.60 bits per heavy atom. The van der Waals surface area contributed by atoms with Crippen molar-refractivity contribution in [2.75, 3.05) is 0 Å². The molecule has 0 aliphatic heterocycles. The molecule has 2 rings (SSSR count). The van der Waals surface area contributed by atoms with Crippen LogP contribution in [0.4, 0.5) is 0 Å². The molecule has 0 atom stereocenters. The molecule has 0 aliphatic rings. The fourth-order valence-corrected chi connectivity index (χ4v) is 1.30. The van der Waals surface area contributed by atoms with Crippen molar-refractivity contribution in [3.05, 3.63) is 42.2 Å². The lowest BCUT2D eigenvalue weighted by molar-refractivity contribution is 0.112. The lowest BCUT2D eigenvalue weighted by Gasteiger charge is -2.02. The van der Waals surface area contributed by atoms with E-state index in [1.165, 1.54) is 6.20 Å². The maximum atomic E-state index is 10.8. The predicted molar refractivity (Wildman–Crippen MR) is 55.4 cm³/mol. The number of carbonyl (C=O) groups is 1. The molecule has 0 aromatic carbocycles. The molecule has 4 nitrogen and oxygen atoms in total. The Bertz CT molecular complexity index is 479. The number of hydrogen-bond acceptors (Lipinski definition) is 4. The Hall–Kier alpha value is -2.10. The predicted octanol–water partition coefficient (Wildman–Crippen LogP) is 1.66. The molecule has 0 fully saturated rings. The van der Waals surface area contributed by atoms with E-state index in [-0.39, 0.29) is 0 Å². The van der Waals surface area contributed by atoms with E-state index in [2.05, 4.69) is 15.0 Å². The molecule has 4 heteroatoms. The Morgan fingerprint density at radius 2 is 1.93 bits per heavy atom. The van der Waals surface area contributed by atoms with E-state index in [0.29, 0.717) is 11.4 Å². The van der Waals surface area contributed by atoms with Gasteiger partial charge in [0.2, 0.25) is 0 Å². The zero-order chi connectivity index (χ0) is 10.7. The van der Waals surface area contributed by atoms with Gasteiger partial charge in [-0.15, -0.1) is 0 Å². The molecule has 74 valence electrons. The molecule has 2 heterocycles. The van der Waals surface area contributed by atoms with Crippen LogP contribution in [0.2, 0.25) is 0 Å². The second kappa shape index (κ2) is 3.96. The van der Waals surface area contributed by atoms with Crippen molar-refractivity contribution in [1.82, 2.24) is 15.0 Å². The average molecular weight is 199 g/mol. The van der Waals surface area contributed by atoms with E-state index in [9.17, 15) is 4.79 Å². The highest BCUT2D eigenvalue weighted by Gasteiger charge is 2.04. The number of pyridine rings is 1. The van der Waals surface area contributed by atoms with Crippen molar-refractivity contribution >= 4 is 6.29 Å². The van der Waals surface area contributed by atoms with Gasteiger partial charge in [-0.1, -0.05) is 0 Å². The van der Waals surface area contributed by atoms with Crippen LogP contribution >= 0.6 is 0 Å². The maximum Gasteiger partial charge on any atom is 0.152 e. The fraction of sp³-hybridized carbons (Fsp3) is 0.0909. The summed E-state index contributed by atoms with van der Waals surface area (Å²) in [6.07, 6.45) is 7.35. The molecule has 15 heavy (non-hydrogen) atoms. The molecule has 0 unspecified atom stereocenters. The van der Waals surface area contributed by atoms with Gasteiger partial charge in [0.05, 0.1) is 0 Å². The zero-order valence-electron chi connectivity index (χ0n) is 8.21. The topological polar surface area (TPSA) is 55.7 Å². The summed E-state index contributed by atoms with van der Waals surface area (Å²) in [4.78, 5) is 22.8. The van der Waals surface area contributed by atoms with E-state index in [1.807, 2.05) is 6.92 Å². The van der Waals surface area contributed by atoms with Gasteiger partial charge in [-0.3, -0.25) is 9.78 Å². The normalized spacial score (nSPS) is 9.93. The first-order valence-corrected chi connectivity index (χ1v) is 4.49. The standard InChI is InChI=1S/C11H9N3O/c1-8-13-5-9(6-14-8)11-2-3-12-4-10(11)7-15/h2-7H,1H3. The molecular formula is C11H9N3O. The molecule has 0 saturated carbocycles. The van der Waals surface area contributed by atoms with E-state index < -0.39 is 0 Å². The van der Waals surface area contributed by atoms with Crippen LogP contribution < -0.4 is 0 Å². The summed E-state index contributed by atoms with van der Waals surface area (Å²) in [5, 5.41) is 0. The van der Waals surface area contributed by atoms with Gasteiger partial charge in [0.1, 0.15) is 5.82 Å². The van der Waals surface area contributed by atoms with Crippen LogP contribution in [0.3, 0.4) is 0 Å². The number of rotatable bonds is 2. The van der Waals surface area contributed by atoms with Crippen molar-refractivity contribution in [2.45, 2.75) is 6.92 Å². The third-order valence-corrected chi connectivity index (χ3v) is 2.07. The van der Waals surface area contributed by atoms with Gasteiger partial charge < -0.3 is 0 Å². The van der Waals surface area contributed by atoms with Crippen LogP contribution in [-0.2, 0) is 0 Å². The van der Waals surface area contributed by atoms with Crippen molar-refractivity contribution in [3.63, 3.8) is 0 Å². The van der Waals surface area contributed by atoms with Crippen molar-refractivity contribution in [1.29, 1.82) is 0 Å². The van der Waals surface area contributed by atoms with Crippen molar-refractivity contribution in [2.24, 2.45) is 0 Å². The second-order valence-corrected chi connectivity index (χ2v) is 3.10.